The van der Waals surface area contributed by atoms with E-state index in [2.05, 4.69) is 43.6 Å². The Morgan fingerprint density at radius 3 is 2.86 bits per heavy atom. The first kappa shape index (κ1) is 20.1. The maximum atomic E-state index is 11.9. The number of carbonyl (C=O) groups is 1. The number of aryl methyl sites for hydroxylation is 2. The van der Waals surface area contributed by atoms with E-state index in [0.717, 1.165) is 42.7 Å². The number of carbonyl (C=O) groups excluding carboxylic acids is 1. The molecule has 1 atom stereocenters. The molecule has 1 aromatic carbocycles. The van der Waals surface area contributed by atoms with Crippen LogP contribution in [0, 0.1) is 6.92 Å². The highest BCUT2D eigenvalue weighted by Gasteiger charge is 2.26. The zero-order valence-corrected chi connectivity index (χ0v) is 17.2. The lowest BCUT2D eigenvalue weighted by atomic mass is 9.97. The third-order valence-electron chi connectivity index (χ3n) is 5.32. The molecule has 2 aromatic rings. The molecule has 148 valence electrons. The normalized spacial score (nSPS) is 16.2. The lowest BCUT2D eigenvalue weighted by Gasteiger charge is -2.17. The summed E-state index contributed by atoms with van der Waals surface area (Å²) in [4.78, 5) is 18.1. The molecule has 0 unspecified atom stereocenters. The summed E-state index contributed by atoms with van der Waals surface area (Å²) < 4.78 is 6.13. The van der Waals surface area contributed by atoms with Crippen molar-refractivity contribution in [3.63, 3.8) is 0 Å². The monoisotopic (exact) mass is 378 g/mol. The molecule has 1 saturated heterocycles. The van der Waals surface area contributed by atoms with Gasteiger partial charge in [-0.05, 0) is 49.4 Å². The van der Waals surface area contributed by atoms with Crippen molar-refractivity contribution >= 4 is 5.91 Å². The molecule has 0 saturated carbocycles. The van der Waals surface area contributed by atoms with Crippen molar-refractivity contribution in [2.24, 2.45) is 0 Å². The van der Waals surface area contributed by atoms with E-state index in [9.17, 15) is 4.79 Å². The molecule has 0 radical (unpaired) electrons. The van der Waals surface area contributed by atoms with E-state index >= 15 is 0 Å². The highest BCUT2D eigenvalue weighted by atomic mass is 16.5. The third-order valence-corrected chi connectivity index (χ3v) is 5.32. The fourth-order valence-electron chi connectivity index (χ4n) is 3.58. The fraction of sp³-hybridized carbons (Fsp3) is 0.417. The predicted molar refractivity (Wildman–Crippen MR) is 113 cm³/mol. The number of hydrogen-bond donors (Lipinski definition) is 0. The van der Waals surface area contributed by atoms with Crippen molar-refractivity contribution in [1.82, 2.24) is 9.88 Å². The van der Waals surface area contributed by atoms with E-state index in [-0.39, 0.29) is 12.0 Å². The lowest BCUT2D eigenvalue weighted by Crippen LogP contribution is -2.30. The molecule has 3 rings (SSSR count). The van der Waals surface area contributed by atoms with E-state index in [0.29, 0.717) is 13.0 Å². The van der Waals surface area contributed by atoms with Crippen LogP contribution >= 0.6 is 0 Å². The molecule has 0 spiro atoms. The van der Waals surface area contributed by atoms with Gasteiger partial charge in [0.15, 0.2) is 0 Å². The molecular formula is C24H30N2O2. The van der Waals surface area contributed by atoms with Gasteiger partial charge in [0, 0.05) is 31.1 Å². The fourth-order valence-corrected chi connectivity index (χ4v) is 3.58. The van der Waals surface area contributed by atoms with Crippen LogP contribution in [0.4, 0.5) is 0 Å². The number of benzene rings is 1. The van der Waals surface area contributed by atoms with Crippen LogP contribution in [0.1, 0.15) is 44.2 Å². The Labute approximate surface area is 168 Å². The summed E-state index contributed by atoms with van der Waals surface area (Å²) in [5, 5.41) is 0. The summed E-state index contributed by atoms with van der Waals surface area (Å²) in [6.07, 6.45) is 7.08. The molecule has 4 heteroatoms. The molecule has 4 nitrogen and oxygen atoms in total. The van der Waals surface area contributed by atoms with Gasteiger partial charge in [0.2, 0.25) is 5.91 Å². The van der Waals surface area contributed by atoms with Crippen LogP contribution in [0.5, 0.6) is 5.75 Å². The Bertz CT molecular complexity index is 859. The molecule has 1 aliphatic rings. The van der Waals surface area contributed by atoms with Crippen molar-refractivity contribution < 1.29 is 9.53 Å². The average Bonchev–Trinajstić information content (AvgIpc) is 3.15. The Morgan fingerprint density at radius 1 is 1.29 bits per heavy atom. The number of likely N-dealkylation sites (tertiary alicyclic amines) is 1. The maximum Gasteiger partial charge on any atom is 0.222 e. The molecule has 0 N–H and O–H groups in total. The van der Waals surface area contributed by atoms with Gasteiger partial charge in [-0.15, -0.1) is 6.58 Å². The molecular weight excluding hydrogens is 348 g/mol. The number of ether oxygens (including phenoxy) is 1. The van der Waals surface area contributed by atoms with E-state index in [4.69, 9.17) is 4.74 Å². The van der Waals surface area contributed by atoms with Gasteiger partial charge in [-0.25, -0.2) is 0 Å². The number of hydrogen-bond acceptors (Lipinski definition) is 3. The van der Waals surface area contributed by atoms with Gasteiger partial charge in [-0.3, -0.25) is 9.78 Å². The minimum Gasteiger partial charge on any atom is -0.487 e. The number of pyridine rings is 1. The summed E-state index contributed by atoms with van der Waals surface area (Å²) >= 11 is 0. The van der Waals surface area contributed by atoms with Gasteiger partial charge >= 0.3 is 0 Å². The highest BCUT2D eigenvalue weighted by Crippen LogP contribution is 2.27. The SMILES string of the molecule is C=C(C)CCc1cc(-c2cncc(O[C@H]3CCN(C(=O)CC)C3)c2)ccc1C. The Morgan fingerprint density at radius 2 is 2.11 bits per heavy atom. The van der Waals surface area contributed by atoms with Crippen LogP contribution < -0.4 is 4.74 Å². The van der Waals surface area contributed by atoms with Crippen molar-refractivity contribution in [2.75, 3.05) is 13.1 Å². The molecule has 0 bridgehead atoms. The van der Waals surface area contributed by atoms with E-state index in [1.807, 2.05) is 24.1 Å². The number of allylic oxidation sites excluding steroid dienone is 1. The second-order valence-electron chi connectivity index (χ2n) is 7.73. The lowest BCUT2D eigenvalue weighted by molar-refractivity contribution is -0.130. The average molecular weight is 379 g/mol. The Kier molecular flexibility index (Phi) is 6.50. The van der Waals surface area contributed by atoms with Gasteiger partial charge < -0.3 is 9.64 Å². The van der Waals surface area contributed by atoms with Crippen molar-refractivity contribution in [1.29, 1.82) is 0 Å². The molecule has 1 aromatic heterocycles. The van der Waals surface area contributed by atoms with Crippen LogP contribution in [0.15, 0.2) is 48.8 Å². The minimum absolute atomic E-state index is 0.0386. The smallest absolute Gasteiger partial charge is 0.222 e. The Hall–Kier alpha value is -2.62. The number of amides is 1. The van der Waals surface area contributed by atoms with Crippen LogP contribution in [0.25, 0.3) is 11.1 Å². The van der Waals surface area contributed by atoms with Crippen molar-refractivity contribution in [3.8, 4) is 16.9 Å². The van der Waals surface area contributed by atoms with Gasteiger partial charge in [0.1, 0.15) is 11.9 Å². The Balaban J connectivity index is 1.72. The first-order valence-corrected chi connectivity index (χ1v) is 10.1. The first-order chi connectivity index (χ1) is 13.5. The molecule has 1 fully saturated rings. The second-order valence-corrected chi connectivity index (χ2v) is 7.73. The number of aromatic nitrogens is 1. The third kappa shape index (κ3) is 5.00. The zero-order valence-electron chi connectivity index (χ0n) is 17.2. The molecule has 2 heterocycles. The van der Waals surface area contributed by atoms with E-state index < -0.39 is 0 Å². The van der Waals surface area contributed by atoms with Gasteiger partial charge in [0.05, 0.1) is 12.7 Å². The summed E-state index contributed by atoms with van der Waals surface area (Å²) in [6.45, 7) is 11.6. The standard InChI is InChI=1S/C24H30N2O2/c1-5-24(27)26-11-10-22(16-26)28-23-13-21(14-25-15-23)20-9-7-18(4)19(12-20)8-6-17(2)3/h7,9,12-15,22H,2,5-6,8,10-11,16H2,1,3-4H3/t22-/m0/s1. The van der Waals surface area contributed by atoms with Crippen LogP contribution in [0.3, 0.4) is 0 Å². The van der Waals surface area contributed by atoms with Crippen LogP contribution in [-0.4, -0.2) is 35.0 Å². The topological polar surface area (TPSA) is 42.4 Å². The summed E-state index contributed by atoms with van der Waals surface area (Å²) in [5.41, 5.74) is 6.05. The summed E-state index contributed by atoms with van der Waals surface area (Å²) in [5.74, 6) is 0.956. The minimum atomic E-state index is 0.0386. The van der Waals surface area contributed by atoms with E-state index in [1.54, 1.807) is 6.20 Å². The van der Waals surface area contributed by atoms with Gasteiger partial charge in [-0.2, -0.15) is 0 Å². The highest BCUT2D eigenvalue weighted by molar-refractivity contribution is 5.76. The van der Waals surface area contributed by atoms with E-state index in [1.165, 1.54) is 16.7 Å². The summed E-state index contributed by atoms with van der Waals surface area (Å²) in [6, 6.07) is 8.60. The van der Waals surface area contributed by atoms with Gasteiger partial charge in [0.25, 0.3) is 0 Å². The number of rotatable bonds is 7. The first-order valence-electron chi connectivity index (χ1n) is 10.1. The molecule has 0 aliphatic carbocycles. The maximum absolute atomic E-state index is 11.9. The van der Waals surface area contributed by atoms with Crippen molar-refractivity contribution in [3.05, 3.63) is 59.9 Å². The van der Waals surface area contributed by atoms with Crippen LogP contribution in [-0.2, 0) is 11.2 Å². The molecule has 1 amide bonds. The van der Waals surface area contributed by atoms with Crippen molar-refractivity contribution in [2.45, 2.75) is 52.6 Å². The largest absolute Gasteiger partial charge is 0.487 e. The van der Waals surface area contributed by atoms with Gasteiger partial charge in [-0.1, -0.05) is 30.7 Å². The molecule has 1 aliphatic heterocycles. The second kappa shape index (κ2) is 9.05. The zero-order chi connectivity index (χ0) is 20.1. The predicted octanol–water partition coefficient (Wildman–Crippen LogP) is 4.96. The summed E-state index contributed by atoms with van der Waals surface area (Å²) in [7, 11) is 0. The number of nitrogens with zero attached hydrogens (tertiary/aromatic N) is 2. The molecule has 28 heavy (non-hydrogen) atoms. The quantitative estimate of drug-likeness (QED) is 0.640. The van der Waals surface area contributed by atoms with Crippen LogP contribution in [0.2, 0.25) is 0 Å².